The van der Waals surface area contributed by atoms with Crippen molar-refractivity contribution in [3.8, 4) is 5.75 Å². The number of piperazine rings is 1. The second-order valence-electron chi connectivity index (χ2n) is 8.84. The molecule has 1 aliphatic rings. The minimum atomic E-state index is -4.77. The predicted molar refractivity (Wildman–Crippen MR) is 140 cm³/mol. The van der Waals surface area contributed by atoms with Crippen molar-refractivity contribution in [2.24, 2.45) is 0 Å². The molecule has 0 unspecified atom stereocenters. The molecule has 1 aromatic heterocycles. The van der Waals surface area contributed by atoms with E-state index in [9.17, 15) is 26.4 Å². The molecule has 4 aromatic rings. The van der Waals surface area contributed by atoms with Gasteiger partial charge in [0, 0.05) is 60.8 Å². The zero-order valence-corrected chi connectivity index (χ0v) is 21.2. The number of rotatable bonds is 6. The smallest absolute Gasteiger partial charge is 0.406 e. The van der Waals surface area contributed by atoms with Crippen molar-refractivity contribution in [3.63, 3.8) is 0 Å². The third-order valence-electron chi connectivity index (χ3n) is 6.25. The Morgan fingerprint density at radius 3 is 2.31 bits per heavy atom. The molecule has 12 heteroatoms. The molecule has 2 heterocycles. The number of pyridine rings is 1. The number of anilines is 2. The summed E-state index contributed by atoms with van der Waals surface area (Å²) < 4.78 is 70.2. The predicted octanol–water partition coefficient (Wildman–Crippen LogP) is 4.90. The molecule has 202 valence electrons. The van der Waals surface area contributed by atoms with Crippen molar-refractivity contribution >= 4 is 38.2 Å². The normalized spacial score (nSPS) is 14.3. The number of hydrogen-bond acceptors (Lipinski definition) is 6. The van der Waals surface area contributed by atoms with Crippen LogP contribution in [0, 0.1) is 0 Å². The number of nitrogens with one attached hydrogen (secondary N) is 1. The van der Waals surface area contributed by atoms with E-state index < -0.39 is 16.4 Å². The minimum absolute atomic E-state index is 0.0501. The Labute approximate surface area is 222 Å². The number of benzene rings is 3. The number of fused-ring (bicyclic) bond motifs is 1. The van der Waals surface area contributed by atoms with Crippen molar-refractivity contribution in [2.45, 2.75) is 11.3 Å². The van der Waals surface area contributed by atoms with Crippen LogP contribution in [0.15, 0.2) is 90.0 Å². The van der Waals surface area contributed by atoms with Gasteiger partial charge in [0.2, 0.25) is 0 Å². The molecule has 3 aromatic carbocycles. The van der Waals surface area contributed by atoms with Crippen LogP contribution in [0.4, 0.5) is 24.5 Å². The van der Waals surface area contributed by atoms with Crippen molar-refractivity contribution in [1.82, 2.24) is 9.88 Å². The fourth-order valence-corrected chi connectivity index (χ4v) is 5.65. The maximum absolute atomic E-state index is 13.0. The highest BCUT2D eigenvalue weighted by molar-refractivity contribution is 7.93. The fraction of sp³-hybridized carbons (Fsp3) is 0.185. The summed E-state index contributed by atoms with van der Waals surface area (Å²) in [5, 5.41) is 0.698. The fourth-order valence-electron chi connectivity index (χ4n) is 4.41. The molecule has 1 fully saturated rings. The van der Waals surface area contributed by atoms with Crippen molar-refractivity contribution in [3.05, 3.63) is 90.6 Å². The molecule has 0 atom stereocenters. The number of carbonyl (C=O) groups is 1. The highest BCUT2D eigenvalue weighted by Crippen LogP contribution is 2.28. The molecule has 39 heavy (non-hydrogen) atoms. The first-order valence-electron chi connectivity index (χ1n) is 12.0. The lowest BCUT2D eigenvalue weighted by Crippen LogP contribution is -2.48. The van der Waals surface area contributed by atoms with Gasteiger partial charge < -0.3 is 14.5 Å². The van der Waals surface area contributed by atoms with E-state index in [1.165, 1.54) is 42.6 Å². The van der Waals surface area contributed by atoms with Crippen molar-refractivity contribution < 1.29 is 31.1 Å². The molecule has 0 radical (unpaired) electrons. The van der Waals surface area contributed by atoms with Crippen LogP contribution in [0.2, 0.25) is 0 Å². The summed E-state index contributed by atoms with van der Waals surface area (Å²) in [6, 6.07) is 20.3. The summed E-state index contributed by atoms with van der Waals surface area (Å²) in [6.45, 7) is 1.59. The summed E-state index contributed by atoms with van der Waals surface area (Å²) in [4.78, 5) is 20.8. The molecule has 1 aliphatic heterocycles. The highest BCUT2D eigenvalue weighted by atomic mass is 32.2. The van der Waals surface area contributed by atoms with E-state index in [0.717, 1.165) is 0 Å². The average Bonchev–Trinajstić information content (AvgIpc) is 2.92. The van der Waals surface area contributed by atoms with Gasteiger partial charge in [-0.25, -0.2) is 8.42 Å². The van der Waals surface area contributed by atoms with Gasteiger partial charge in [-0.15, -0.1) is 13.2 Å². The largest absolute Gasteiger partial charge is 0.573 e. The van der Waals surface area contributed by atoms with Crippen LogP contribution in [-0.4, -0.2) is 56.8 Å². The van der Waals surface area contributed by atoms with E-state index in [2.05, 4.69) is 14.4 Å². The number of alkyl halides is 3. The Morgan fingerprint density at radius 2 is 1.59 bits per heavy atom. The summed E-state index contributed by atoms with van der Waals surface area (Å²) >= 11 is 0. The maximum atomic E-state index is 13.0. The lowest BCUT2D eigenvalue weighted by Gasteiger charge is -2.36. The van der Waals surface area contributed by atoms with Gasteiger partial charge in [-0.2, -0.15) is 0 Å². The average molecular weight is 557 g/mol. The van der Waals surface area contributed by atoms with E-state index in [1.807, 2.05) is 4.90 Å². The van der Waals surface area contributed by atoms with E-state index in [-0.39, 0.29) is 16.6 Å². The maximum Gasteiger partial charge on any atom is 0.573 e. The first-order valence-corrected chi connectivity index (χ1v) is 13.4. The van der Waals surface area contributed by atoms with Gasteiger partial charge in [0.1, 0.15) is 10.6 Å². The Morgan fingerprint density at radius 1 is 0.897 bits per heavy atom. The van der Waals surface area contributed by atoms with Crippen LogP contribution in [-0.2, 0) is 10.0 Å². The second-order valence-corrected chi connectivity index (χ2v) is 10.5. The van der Waals surface area contributed by atoms with Crippen molar-refractivity contribution in [2.75, 3.05) is 35.8 Å². The zero-order chi connectivity index (χ0) is 27.6. The van der Waals surface area contributed by atoms with Crippen LogP contribution in [0.3, 0.4) is 0 Å². The number of ether oxygens (including phenoxy) is 1. The number of para-hydroxylation sites is 1. The van der Waals surface area contributed by atoms with E-state index in [1.54, 1.807) is 47.4 Å². The Kier molecular flexibility index (Phi) is 7.04. The SMILES string of the molecule is O=C(c1ccc(NS(=O)(=O)c2cccc3cccnc23)cc1)N1CCN(c2cccc(OC(F)(F)F)c2)CC1. The van der Waals surface area contributed by atoms with E-state index in [4.69, 9.17) is 0 Å². The molecule has 1 N–H and O–H groups in total. The minimum Gasteiger partial charge on any atom is -0.406 e. The van der Waals surface area contributed by atoms with Gasteiger partial charge in [0.25, 0.3) is 15.9 Å². The van der Waals surface area contributed by atoms with Crippen LogP contribution < -0.4 is 14.4 Å². The molecule has 8 nitrogen and oxygen atoms in total. The van der Waals surface area contributed by atoms with Crippen LogP contribution in [0.1, 0.15) is 10.4 Å². The highest BCUT2D eigenvalue weighted by Gasteiger charge is 2.31. The van der Waals surface area contributed by atoms with Gasteiger partial charge in [-0.05, 0) is 48.5 Å². The lowest BCUT2D eigenvalue weighted by molar-refractivity contribution is -0.274. The van der Waals surface area contributed by atoms with Gasteiger partial charge in [0.05, 0.1) is 5.52 Å². The molecule has 5 rings (SSSR count). The standard InChI is InChI=1S/C27H23F3N4O4S/c28-27(29,30)38-23-7-2-6-22(18-23)33-14-16-34(17-15-33)26(35)20-9-11-21(12-10-20)32-39(36,37)24-8-1-4-19-5-3-13-31-25(19)24/h1-13,18,32H,14-17H2. The van der Waals surface area contributed by atoms with Crippen LogP contribution in [0.25, 0.3) is 10.9 Å². The van der Waals surface area contributed by atoms with Crippen molar-refractivity contribution in [1.29, 1.82) is 0 Å². The first-order chi connectivity index (χ1) is 18.6. The summed E-state index contributed by atoms with van der Waals surface area (Å²) in [5.74, 6) is -0.526. The topological polar surface area (TPSA) is 91.8 Å². The number of nitrogens with zero attached hydrogens (tertiary/aromatic N) is 3. The molecule has 1 amide bonds. The number of amides is 1. The van der Waals surface area contributed by atoms with Gasteiger partial charge >= 0.3 is 6.36 Å². The number of carbonyl (C=O) groups excluding carboxylic acids is 1. The number of halogens is 3. The molecular weight excluding hydrogens is 533 g/mol. The quantitative estimate of drug-likeness (QED) is 0.364. The Hall–Kier alpha value is -4.32. The zero-order valence-electron chi connectivity index (χ0n) is 20.4. The number of sulfonamides is 1. The molecule has 0 spiro atoms. The third-order valence-corrected chi connectivity index (χ3v) is 7.67. The number of aromatic nitrogens is 1. The lowest BCUT2D eigenvalue weighted by atomic mass is 10.1. The van der Waals surface area contributed by atoms with Crippen LogP contribution in [0.5, 0.6) is 5.75 Å². The van der Waals surface area contributed by atoms with E-state index in [0.29, 0.717) is 54.0 Å². The molecule has 0 aliphatic carbocycles. The molecular formula is C27H23F3N4O4S. The van der Waals surface area contributed by atoms with Gasteiger partial charge in [-0.3, -0.25) is 14.5 Å². The third kappa shape index (κ3) is 6.06. The Bertz CT molecular complexity index is 1600. The number of hydrogen-bond donors (Lipinski definition) is 1. The second kappa shape index (κ2) is 10.4. The van der Waals surface area contributed by atoms with Crippen LogP contribution >= 0.6 is 0 Å². The first kappa shape index (κ1) is 26.3. The van der Waals surface area contributed by atoms with E-state index >= 15 is 0 Å². The van der Waals surface area contributed by atoms with Gasteiger partial charge in [0.15, 0.2) is 0 Å². The van der Waals surface area contributed by atoms with Gasteiger partial charge in [-0.1, -0.05) is 24.3 Å². The Balaban J connectivity index is 1.22. The molecule has 0 saturated carbocycles. The summed E-state index contributed by atoms with van der Waals surface area (Å²) in [7, 11) is -3.92. The summed E-state index contributed by atoms with van der Waals surface area (Å²) in [5.41, 5.74) is 1.61. The summed E-state index contributed by atoms with van der Waals surface area (Å²) in [6.07, 6.45) is -3.24. The monoisotopic (exact) mass is 556 g/mol. The molecule has 0 bridgehead atoms. The molecule has 1 saturated heterocycles.